The van der Waals surface area contributed by atoms with Crippen LogP contribution in [0.4, 0.5) is 0 Å². The number of aromatic nitrogens is 1. The molecule has 0 radical (unpaired) electrons. The van der Waals surface area contributed by atoms with E-state index in [-0.39, 0.29) is 0 Å². The second kappa shape index (κ2) is 11.9. The number of rotatable bonds is 8. The Balaban J connectivity index is 1.17. The normalized spacial score (nSPS) is 22.0. The summed E-state index contributed by atoms with van der Waals surface area (Å²) >= 11 is 0. The van der Waals surface area contributed by atoms with E-state index in [0.717, 1.165) is 65.1 Å². The maximum Gasteiger partial charge on any atom is 0.0607 e. The highest BCUT2D eigenvalue weighted by Crippen LogP contribution is 2.34. The Bertz CT molecular complexity index is 1160. The Labute approximate surface area is 221 Å². The summed E-state index contributed by atoms with van der Waals surface area (Å²) in [5.41, 5.74) is 8.41. The number of nitrogens with one attached hydrogen (secondary N) is 2. The molecule has 194 valence electrons. The van der Waals surface area contributed by atoms with Crippen LogP contribution in [0.5, 0.6) is 0 Å². The van der Waals surface area contributed by atoms with Crippen molar-refractivity contribution in [1.29, 1.82) is 0 Å². The minimum Gasteiger partial charge on any atom is -0.381 e. The lowest BCUT2D eigenvalue weighted by molar-refractivity contribution is 0.0776. The molecule has 37 heavy (non-hydrogen) atoms. The third-order valence-electron chi connectivity index (χ3n) is 8.45. The molecule has 1 saturated heterocycles. The molecule has 3 heterocycles. The second-order valence-corrected chi connectivity index (χ2v) is 11.0. The van der Waals surface area contributed by atoms with E-state index in [2.05, 4.69) is 76.2 Å². The Hall–Kier alpha value is -2.57. The van der Waals surface area contributed by atoms with Crippen LogP contribution in [0.3, 0.4) is 0 Å². The van der Waals surface area contributed by atoms with Crippen molar-refractivity contribution in [2.24, 2.45) is 0 Å². The summed E-state index contributed by atoms with van der Waals surface area (Å²) in [7, 11) is 0. The maximum atomic E-state index is 5.49. The summed E-state index contributed by atoms with van der Waals surface area (Å²) in [5, 5.41) is 7.55. The molecule has 5 nitrogen and oxygen atoms in total. The molecular weight excluding hydrogens is 456 g/mol. The average Bonchev–Trinajstić information content (AvgIpc) is 2.96. The molecule has 0 amide bonds. The quantitative estimate of drug-likeness (QED) is 0.462. The first-order chi connectivity index (χ1) is 18.3. The van der Waals surface area contributed by atoms with Gasteiger partial charge < -0.3 is 15.4 Å². The molecule has 1 fully saturated rings. The Morgan fingerprint density at radius 3 is 2.54 bits per heavy atom. The van der Waals surface area contributed by atoms with Crippen LogP contribution in [0.2, 0.25) is 0 Å². The van der Waals surface area contributed by atoms with E-state index in [9.17, 15) is 0 Å². The van der Waals surface area contributed by atoms with E-state index < -0.39 is 0 Å². The zero-order valence-corrected chi connectivity index (χ0v) is 21.9. The van der Waals surface area contributed by atoms with Crippen molar-refractivity contribution in [2.75, 3.05) is 19.8 Å². The van der Waals surface area contributed by atoms with Crippen LogP contribution in [-0.2, 0) is 37.2 Å². The van der Waals surface area contributed by atoms with Gasteiger partial charge in [0.25, 0.3) is 0 Å². The lowest BCUT2D eigenvalue weighted by Gasteiger charge is -2.38. The standard InChI is InChI=1S/C32H40N4O/c1-2-6-28-21-35-30(19-27(28)5-1)23-36(31-9-3-7-26-8-4-16-33-32(26)31)22-25-12-10-24(11-13-25)20-34-29-14-17-37-18-15-29/h1-2,4-6,8,10-13,16,29-31,34-35H,3,7,9,14-15,17-23H2. The molecule has 5 heteroatoms. The maximum absolute atomic E-state index is 5.49. The second-order valence-electron chi connectivity index (χ2n) is 11.0. The summed E-state index contributed by atoms with van der Waals surface area (Å²) in [6, 6.07) is 24.0. The van der Waals surface area contributed by atoms with E-state index in [4.69, 9.17) is 9.72 Å². The number of hydrogen-bond acceptors (Lipinski definition) is 5. The molecule has 3 aromatic rings. The van der Waals surface area contributed by atoms with E-state index in [1.54, 1.807) is 0 Å². The predicted molar refractivity (Wildman–Crippen MR) is 148 cm³/mol. The van der Waals surface area contributed by atoms with Crippen molar-refractivity contribution in [3.8, 4) is 0 Å². The van der Waals surface area contributed by atoms with Crippen molar-refractivity contribution < 1.29 is 4.74 Å². The van der Waals surface area contributed by atoms with Crippen LogP contribution >= 0.6 is 0 Å². The zero-order chi connectivity index (χ0) is 24.9. The molecule has 2 aromatic carbocycles. The average molecular weight is 497 g/mol. The molecule has 2 unspecified atom stereocenters. The first-order valence-electron chi connectivity index (χ1n) is 14.2. The number of pyridine rings is 1. The van der Waals surface area contributed by atoms with Gasteiger partial charge in [-0.15, -0.1) is 0 Å². The summed E-state index contributed by atoms with van der Waals surface area (Å²) in [6.45, 7) is 5.64. The van der Waals surface area contributed by atoms with Gasteiger partial charge in [0.05, 0.1) is 11.7 Å². The number of hydrogen-bond donors (Lipinski definition) is 2. The topological polar surface area (TPSA) is 49.4 Å². The minimum absolute atomic E-state index is 0.374. The number of fused-ring (bicyclic) bond motifs is 2. The highest BCUT2D eigenvalue weighted by molar-refractivity contribution is 5.31. The van der Waals surface area contributed by atoms with Crippen molar-refractivity contribution in [2.45, 2.75) is 76.3 Å². The van der Waals surface area contributed by atoms with Crippen LogP contribution in [0.1, 0.15) is 65.2 Å². The highest BCUT2D eigenvalue weighted by atomic mass is 16.5. The van der Waals surface area contributed by atoms with Gasteiger partial charge in [0.2, 0.25) is 0 Å². The Morgan fingerprint density at radius 1 is 0.892 bits per heavy atom. The lowest BCUT2D eigenvalue weighted by Crippen LogP contribution is -2.46. The Morgan fingerprint density at radius 2 is 1.68 bits per heavy atom. The van der Waals surface area contributed by atoms with E-state index >= 15 is 0 Å². The van der Waals surface area contributed by atoms with Gasteiger partial charge in [0, 0.05) is 57.7 Å². The molecular formula is C32H40N4O. The SMILES string of the molecule is c1ccc2c(c1)CNC(CN(Cc1ccc(CNC3CCOCC3)cc1)C1CCCc3cccnc31)C2. The predicted octanol–water partition coefficient (Wildman–Crippen LogP) is 4.94. The Kier molecular flexibility index (Phi) is 7.94. The summed E-state index contributed by atoms with van der Waals surface area (Å²) in [4.78, 5) is 7.60. The van der Waals surface area contributed by atoms with Crippen molar-refractivity contribution in [3.63, 3.8) is 0 Å². The number of benzene rings is 2. The van der Waals surface area contributed by atoms with E-state index in [1.807, 2.05) is 6.20 Å². The molecule has 0 bridgehead atoms. The first kappa shape index (κ1) is 24.7. The largest absolute Gasteiger partial charge is 0.381 e. The van der Waals surface area contributed by atoms with Crippen LogP contribution < -0.4 is 10.6 Å². The number of nitrogens with zero attached hydrogens (tertiary/aromatic N) is 2. The molecule has 1 aromatic heterocycles. The van der Waals surface area contributed by atoms with E-state index in [1.165, 1.54) is 46.4 Å². The summed E-state index contributed by atoms with van der Waals surface area (Å²) in [6.07, 6.45) is 8.86. The van der Waals surface area contributed by atoms with Gasteiger partial charge in [-0.2, -0.15) is 0 Å². The molecule has 3 aliphatic rings. The third-order valence-corrected chi connectivity index (χ3v) is 8.45. The monoisotopic (exact) mass is 496 g/mol. The van der Waals surface area contributed by atoms with Gasteiger partial charge in [-0.25, -0.2) is 0 Å². The summed E-state index contributed by atoms with van der Waals surface area (Å²) < 4.78 is 5.49. The van der Waals surface area contributed by atoms with E-state index in [0.29, 0.717) is 18.1 Å². The smallest absolute Gasteiger partial charge is 0.0607 e. The van der Waals surface area contributed by atoms with Crippen molar-refractivity contribution >= 4 is 0 Å². The highest BCUT2D eigenvalue weighted by Gasteiger charge is 2.30. The third kappa shape index (κ3) is 6.12. The molecule has 2 N–H and O–H groups in total. The summed E-state index contributed by atoms with van der Waals surface area (Å²) in [5.74, 6) is 0. The molecule has 0 spiro atoms. The zero-order valence-electron chi connectivity index (χ0n) is 21.9. The minimum atomic E-state index is 0.374. The molecule has 1 aliphatic carbocycles. The van der Waals surface area contributed by atoms with Crippen LogP contribution in [-0.4, -0.2) is 41.7 Å². The number of ether oxygens (including phenoxy) is 1. The fourth-order valence-corrected chi connectivity index (χ4v) is 6.34. The molecule has 6 rings (SSSR count). The fraction of sp³-hybridized carbons (Fsp3) is 0.469. The van der Waals surface area contributed by atoms with Crippen molar-refractivity contribution in [1.82, 2.24) is 20.5 Å². The lowest BCUT2D eigenvalue weighted by atomic mass is 9.89. The van der Waals surface area contributed by atoms with Crippen LogP contribution in [0.15, 0.2) is 66.9 Å². The van der Waals surface area contributed by atoms with Gasteiger partial charge >= 0.3 is 0 Å². The van der Waals surface area contributed by atoms with Crippen LogP contribution in [0, 0.1) is 0 Å². The van der Waals surface area contributed by atoms with Gasteiger partial charge in [-0.3, -0.25) is 9.88 Å². The van der Waals surface area contributed by atoms with Crippen molar-refractivity contribution in [3.05, 3.63) is 100 Å². The molecule has 2 atom stereocenters. The first-order valence-corrected chi connectivity index (χ1v) is 14.2. The van der Waals surface area contributed by atoms with Gasteiger partial charge in [-0.1, -0.05) is 54.6 Å². The molecule has 2 aliphatic heterocycles. The van der Waals surface area contributed by atoms with Gasteiger partial charge in [0.15, 0.2) is 0 Å². The van der Waals surface area contributed by atoms with Gasteiger partial charge in [-0.05, 0) is 72.4 Å². The fourth-order valence-electron chi connectivity index (χ4n) is 6.34. The molecule has 0 saturated carbocycles. The number of aryl methyl sites for hydroxylation is 1. The van der Waals surface area contributed by atoms with Gasteiger partial charge in [0.1, 0.15) is 0 Å². The van der Waals surface area contributed by atoms with Crippen LogP contribution in [0.25, 0.3) is 0 Å².